The van der Waals surface area contributed by atoms with Crippen molar-refractivity contribution >= 4 is 46.1 Å². The molecular weight excluding hydrogens is 398 g/mol. The summed E-state index contributed by atoms with van der Waals surface area (Å²) in [5.74, 6) is -0.459. The highest BCUT2D eigenvalue weighted by Gasteiger charge is 2.35. The Hall–Kier alpha value is -1.44. The molecule has 1 fully saturated rings. The second kappa shape index (κ2) is 8.09. The van der Waals surface area contributed by atoms with E-state index < -0.39 is 0 Å². The maximum Gasteiger partial charge on any atom is 0.261 e. The quantitative estimate of drug-likeness (QED) is 0.758. The predicted octanol–water partition coefficient (Wildman–Crippen LogP) is 1.68. The summed E-state index contributed by atoms with van der Waals surface area (Å²) in [6, 6.07) is 5.08. The van der Waals surface area contributed by atoms with Gasteiger partial charge in [-0.2, -0.15) is 0 Å². The van der Waals surface area contributed by atoms with Crippen LogP contribution < -0.4 is 5.32 Å². The minimum absolute atomic E-state index is 0. The Kier molecular flexibility index (Phi) is 6.37. The number of hydrogen-bond acceptors (Lipinski definition) is 4. The average Bonchev–Trinajstić information content (AvgIpc) is 2.80. The maximum atomic E-state index is 12.3. The number of rotatable bonds is 4. The number of amides is 3. The van der Waals surface area contributed by atoms with Crippen LogP contribution >= 0.6 is 28.3 Å². The van der Waals surface area contributed by atoms with Gasteiger partial charge < -0.3 is 10.2 Å². The molecule has 6 nitrogen and oxygen atoms in total. The SMILES string of the molecule is Cl.O=C(CCCN1C(=O)c2ccc(Br)cc2C1=O)N1CCNCC1. The van der Waals surface area contributed by atoms with Crippen molar-refractivity contribution in [2.45, 2.75) is 12.8 Å². The molecule has 130 valence electrons. The molecule has 2 heterocycles. The van der Waals surface area contributed by atoms with Crippen LogP contribution in [0.4, 0.5) is 0 Å². The Bertz CT molecular complexity index is 662. The number of halogens is 2. The summed E-state index contributed by atoms with van der Waals surface area (Å²) in [4.78, 5) is 39.8. The van der Waals surface area contributed by atoms with Gasteiger partial charge in [-0.3, -0.25) is 19.3 Å². The molecule has 0 bridgehead atoms. The number of hydrogen-bond donors (Lipinski definition) is 1. The van der Waals surface area contributed by atoms with E-state index >= 15 is 0 Å². The number of fused-ring (bicyclic) bond motifs is 1. The van der Waals surface area contributed by atoms with Crippen molar-refractivity contribution in [3.63, 3.8) is 0 Å². The molecule has 24 heavy (non-hydrogen) atoms. The summed E-state index contributed by atoms with van der Waals surface area (Å²) in [5.41, 5.74) is 0.865. The molecule has 8 heteroatoms. The molecule has 3 rings (SSSR count). The molecule has 1 aromatic rings. The van der Waals surface area contributed by atoms with Crippen LogP contribution in [0.1, 0.15) is 33.6 Å². The third-order valence-electron chi connectivity index (χ3n) is 4.17. The van der Waals surface area contributed by atoms with E-state index in [1.54, 1.807) is 18.2 Å². The fourth-order valence-electron chi connectivity index (χ4n) is 2.93. The van der Waals surface area contributed by atoms with Crippen LogP contribution in [0, 0.1) is 0 Å². The smallest absolute Gasteiger partial charge is 0.261 e. The first-order valence-electron chi connectivity index (χ1n) is 7.72. The van der Waals surface area contributed by atoms with Gasteiger partial charge in [0.2, 0.25) is 5.91 Å². The third-order valence-corrected chi connectivity index (χ3v) is 4.67. The number of nitrogens with one attached hydrogen (secondary N) is 1. The molecule has 1 saturated heterocycles. The topological polar surface area (TPSA) is 69.7 Å². The van der Waals surface area contributed by atoms with Crippen LogP contribution in [0.25, 0.3) is 0 Å². The zero-order chi connectivity index (χ0) is 16.4. The molecule has 2 aliphatic rings. The lowest BCUT2D eigenvalue weighted by atomic mass is 10.1. The normalized spacial score (nSPS) is 16.9. The lowest BCUT2D eigenvalue weighted by molar-refractivity contribution is -0.131. The highest BCUT2D eigenvalue weighted by Crippen LogP contribution is 2.26. The van der Waals surface area contributed by atoms with Gasteiger partial charge in [0.15, 0.2) is 0 Å². The molecule has 2 aliphatic heterocycles. The Morgan fingerprint density at radius 1 is 1.12 bits per heavy atom. The Balaban J connectivity index is 0.00000208. The highest BCUT2D eigenvalue weighted by atomic mass is 79.9. The van der Waals surface area contributed by atoms with Crippen molar-refractivity contribution < 1.29 is 14.4 Å². The summed E-state index contributed by atoms with van der Waals surface area (Å²) < 4.78 is 0.771. The summed E-state index contributed by atoms with van der Waals surface area (Å²) in [7, 11) is 0. The largest absolute Gasteiger partial charge is 0.340 e. The number of carbonyl (C=O) groups is 3. The van der Waals surface area contributed by atoms with E-state index in [1.165, 1.54) is 4.90 Å². The number of carbonyl (C=O) groups excluding carboxylic acids is 3. The molecule has 0 aliphatic carbocycles. The zero-order valence-electron chi connectivity index (χ0n) is 13.1. The Morgan fingerprint density at radius 2 is 1.79 bits per heavy atom. The summed E-state index contributed by atoms with van der Waals surface area (Å²) in [6.45, 7) is 3.36. The fourth-order valence-corrected chi connectivity index (χ4v) is 3.29. The lowest BCUT2D eigenvalue weighted by Crippen LogP contribution is -2.46. The van der Waals surface area contributed by atoms with Gasteiger partial charge in [-0.05, 0) is 24.6 Å². The van der Waals surface area contributed by atoms with Crippen molar-refractivity contribution in [2.24, 2.45) is 0 Å². The highest BCUT2D eigenvalue weighted by molar-refractivity contribution is 9.10. The lowest BCUT2D eigenvalue weighted by Gasteiger charge is -2.27. The first-order valence-corrected chi connectivity index (χ1v) is 8.51. The van der Waals surface area contributed by atoms with Crippen LogP contribution in [-0.2, 0) is 4.79 Å². The molecule has 0 atom stereocenters. The monoisotopic (exact) mass is 415 g/mol. The third kappa shape index (κ3) is 3.79. The van der Waals surface area contributed by atoms with E-state index in [9.17, 15) is 14.4 Å². The van der Waals surface area contributed by atoms with Crippen molar-refractivity contribution in [2.75, 3.05) is 32.7 Å². The van der Waals surface area contributed by atoms with E-state index in [1.807, 2.05) is 4.90 Å². The minimum atomic E-state index is -0.277. The molecule has 0 unspecified atom stereocenters. The summed E-state index contributed by atoms with van der Waals surface area (Å²) >= 11 is 3.31. The first kappa shape index (κ1) is 18.9. The van der Waals surface area contributed by atoms with Crippen molar-refractivity contribution in [1.82, 2.24) is 15.1 Å². The van der Waals surface area contributed by atoms with Crippen LogP contribution in [-0.4, -0.2) is 60.2 Å². The van der Waals surface area contributed by atoms with Gasteiger partial charge in [0, 0.05) is 43.6 Å². The molecule has 1 N–H and O–H groups in total. The van der Waals surface area contributed by atoms with Gasteiger partial charge in [-0.15, -0.1) is 12.4 Å². The van der Waals surface area contributed by atoms with E-state index in [0.29, 0.717) is 24.0 Å². The zero-order valence-corrected chi connectivity index (χ0v) is 15.5. The number of imide groups is 1. The van der Waals surface area contributed by atoms with Crippen LogP contribution in [0.3, 0.4) is 0 Å². The second-order valence-electron chi connectivity index (χ2n) is 5.69. The standard InChI is InChI=1S/C16H18BrN3O3.ClH/c17-11-3-4-12-13(10-11)16(23)20(15(12)22)7-1-2-14(21)19-8-5-18-6-9-19;/h3-4,10,18H,1-2,5-9H2;1H. The van der Waals surface area contributed by atoms with Gasteiger partial charge in [-0.1, -0.05) is 15.9 Å². The van der Waals surface area contributed by atoms with E-state index in [4.69, 9.17) is 0 Å². The van der Waals surface area contributed by atoms with Crippen molar-refractivity contribution in [3.05, 3.63) is 33.8 Å². The average molecular weight is 417 g/mol. The second-order valence-corrected chi connectivity index (χ2v) is 6.60. The van der Waals surface area contributed by atoms with Crippen LogP contribution in [0.2, 0.25) is 0 Å². The maximum absolute atomic E-state index is 12.3. The number of nitrogens with zero attached hydrogens (tertiary/aromatic N) is 2. The summed E-state index contributed by atoms with van der Waals surface area (Å²) in [5, 5.41) is 3.20. The van der Waals surface area contributed by atoms with Gasteiger partial charge in [0.05, 0.1) is 11.1 Å². The van der Waals surface area contributed by atoms with E-state index in [2.05, 4.69) is 21.2 Å². The van der Waals surface area contributed by atoms with E-state index in [-0.39, 0.29) is 36.7 Å². The molecule has 0 spiro atoms. The molecular formula is C16H19BrClN3O3. The molecule has 0 radical (unpaired) electrons. The van der Waals surface area contributed by atoms with Crippen LogP contribution in [0.15, 0.2) is 22.7 Å². The van der Waals surface area contributed by atoms with E-state index in [0.717, 1.165) is 30.7 Å². The van der Waals surface area contributed by atoms with Crippen molar-refractivity contribution in [3.8, 4) is 0 Å². The van der Waals surface area contributed by atoms with Gasteiger partial charge >= 0.3 is 0 Å². The molecule has 0 aromatic heterocycles. The minimum Gasteiger partial charge on any atom is -0.340 e. The molecule has 3 amide bonds. The van der Waals surface area contributed by atoms with Crippen LogP contribution in [0.5, 0.6) is 0 Å². The predicted molar refractivity (Wildman–Crippen MR) is 95.4 cm³/mol. The molecule has 1 aromatic carbocycles. The number of piperazine rings is 1. The van der Waals surface area contributed by atoms with Gasteiger partial charge in [-0.25, -0.2) is 0 Å². The molecule has 0 saturated carbocycles. The Labute approximate surface area is 155 Å². The van der Waals surface area contributed by atoms with Crippen molar-refractivity contribution in [1.29, 1.82) is 0 Å². The first-order chi connectivity index (χ1) is 11.1. The summed E-state index contributed by atoms with van der Waals surface area (Å²) in [6.07, 6.45) is 0.854. The van der Waals surface area contributed by atoms with Gasteiger partial charge in [0.1, 0.15) is 0 Å². The van der Waals surface area contributed by atoms with Gasteiger partial charge in [0.25, 0.3) is 11.8 Å². The fraction of sp³-hybridized carbons (Fsp3) is 0.438. The number of benzene rings is 1. The Morgan fingerprint density at radius 3 is 2.50 bits per heavy atom.